The Balaban J connectivity index is 1.26. The number of hydrogen-bond acceptors (Lipinski definition) is 2. The molecule has 0 unspecified atom stereocenters. The Labute approximate surface area is 188 Å². The predicted octanol–water partition coefficient (Wildman–Crippen LogP) is 8.04. The van der Waals surface area contributed by atoms with Crippen molar-refractivity contribution in [3.63, 3.8) is 0 Å². The first kappa shape index (κ1) is 23.5. The molecule has 2 aliphatic rings. The van der Waals surface area contributed by atoms with Crippen LogP contribution < -0.4 is 0 Å². The average Bonchev–Trinajstić information content (AvgIpc) is 2.83. The van der Waals surface area contributed by atoms with Crippen LogP contribution in [0.5, 0.6) is 0 Å². The van der Waals surface area contributed by atoms with Crippen LogP contribution in [0.1, 0.15) is 94.6 Å². The topological polar surface area (TPSA) is 47.6 Å². The third-order valence-electron chi connectivity index (χ3n) is 7.87. The maximum atomic E-state index is 12.9. The van der Waals surface area contributed by atoms with Gasteiger partial charge in [-0.15, -0.1) is 0 Å². The molecular weight excluding hydrogens is 383 g/mol. The predicted molar refractivity (Wildman–Crippen MR) is 124 cm³/mol. The third kappa shape index (κ3) is 7.81. The zero-order valence-electron chi connectivity index (χ0n) is 18.9. The minimum atomic E-state index is -0.625. The van der Waals surface area contributed by atoms with E-state index in [1.54, 1.807) is 6.07 Å². The van der Waals surface area contributed by atoms with Crippen LogP contribution in [0.4, 0.5) is 4.39 Å². The summed E-state index contributed by atoms with van der Waals surface area (Å²) in [6.07, 6.45) is 19.3. The van der Waals surface area contributed by atoms with E-state index in [0.717, 1.165) is 42.1 Å². The first-order chi connectivity index (χ1) is 15.2. The third-order valence-corrected chi connectivity index (χ3v) is 7.87. The van der Waals surface area contributed by atoms with E-state index in [1.165, 1.54) is 82.3 Å². The van der Waals surface area contributed by atoms with Crippen molar-refractivity contribution in [3.8, 4) is 12.1 Å². The molecule has 0 bridgehead atoms. The molecule has 166 valence electrons. The highest BCUT2D eigenvalue weighted by molar-refractivity contribution is 5.31. The smallest absolute Gasteiger partial charge is 0.195 e. The van der Waals surface area contributed by atoms with Gasteiger partial charge >= 0.3 is 0 Å². The van der Waals surface area contributed by atoms with Crippen molar-refractivity contribution < 1.29 is 4.39 Å². The molecule has 0 radical (unpaired) electrons. The molecule has 1 aromatic carbocycles. The number of aryl methyl sites for hydroxylation is 1. The number of nitrogens with zero attached hydrogens (tertiary/aromatic N) is 2. The number of halogens is 1. The average molecular weight is 421 g/mol. The molecule has 2 saturated carbocycles. The van der Waals surface area contributed by atoms with Crippen molar-refractivity contribution in [2.45, 2.75) is 89.9 Å². The van der Waals surface area contributed by atoms with Gasteiger partial charge in [-0.05, 0) is 98.8 Å². The quantitative estimate of drug-likeness (QED) is 0.300. The molecule has 3 heteroatoms. The maximum absolute atomic E-state index is 12.9. The second-order valence-corrected chi connectivity index (χ2v) is 9.86. The van der Waals surface area contributed by atoms with E-state index in [0.29, 0.717) is 6.42 Å². The van der Waals surface area contributed by atoms with Gasteiger partial charge in [-0.2, -0.15) is 14.9 Å². The van der Waals surface area contributed by atoms with Crippen LogP contribution in [-0.2, 0) is 6.42 Å². The van der Waals surface area contributed by atoms with Crippen LogP contribution in [0.2, 0.25) is 0 Å². The lowest BCUT2D eigenvalue weighted by Crippen LogP contribution is -2.25. The summed E-state index contributed by atoms with van der Waals surface area (Å²) in [7, 11) is 0. The number of benzene rings is 1. The van der Waals surface area contributed by atoms with Crippen molar-refractivity contribution in [3.05, 3.63) is 47.3 Å². The minimum absolute atomic E-state index is 0.625. The van der Waals surface area contributed by atoms with Gasteiger partial charge in [0.2, 0.25) is 0 Å². The molecule has 0 saturated heterocycles. The van der Waals surface area contributed by atoms with Crippen LogP contribution in [0.25, 0.3) is 0 Å². The van der Waals surface area contributed by atoms with Gasteiger partial charge in [0.1, 0.15) is 6.07 Å². The Morgan fingerprint density at radius 3 is 1.97 bits per heavy atom. The molecule has 0 N–H and O–H groups in total. The van der Waals surface area contributed by atoms with E-state index in [2.05, 4.69) is 18.2 Å². The second-order valence-electron chi connectivity index (χ2n) is 9.86. The molecule has 31 heavy (non-hydrogen) atoms. The molecule has 0 aromatic heterocycles. The normalized spacial score (nSPS) is 26.7. The zero-order valence-corrected chi connectivity index (χ0v) is 18.9. The summed E-state index contributed by atoms with van der Waals surface area (Å²) in [5, 5.41) is 17.4. The fraction of sp³-hybridized carbons (Fsp3) is 0.643. The Morgan fingerprint density at radius 2 is 1.42 bits per heavy atom. The van der Waals surface area contributed by atoms with E-state index in [-0.39, 0.29) is 0 Å². The highest BCUT2D eigenvalue weighted by atomic mass is 19.1. The van der Waals surface area contributed by atoms with Gasteiger partial charge in [-0.25, -0.2) is 0 Å². The lowest BCUT2D eigenvalue weighted by atomic mass is 9.68. The van der Waals surface area contributed by atoms with Gasteiger partial charge in [-0.1, -0.05) is 50.7 Å². The number of hydrogen-bond donors (Lipinski definition) is 0. The van der Waals surface area contributed by atoms with Crippen LogP contribution >= 0.6 is 0 Å². The van der Waals surface area contributed by atoms with Crippen molar-refractivity contribution in [2.24, 2.45) is 23.7 Å². The fourth-order valence-electron chi connectivity index (χ4n) is 5.90. The molecule has 0 spiro atoms. The molecule has 0 amide bonds. The van der Waals surface area contributed by atoms with Gasteiger partial charge in [-0.3, -0.25) is 0 Å². The Kier molecular flexibility index (Phi) is 9.61. The molecule has 1 aromatic rings. The lowest BCUT2D eigenvalue weighted by Gasteiger charge is -2.38. The molecule has 2 fully saturated rings. The number of rotatable bonds is 9. The highest BCUT2D eigenvalue weighted by Crippen LogP contribution is 2.43. The Morgan fingerprint density at radius 1 is 0.839 bits per heavy atom. The van der Waals surface area contributed by atoms with Crippen LogP contribution in [-0.4, -0.2) is 0 Å². The highest BCUT2D eigenvalue weighted by Gasteiger charge is 2.30. The summed E-state index contributed by atoms with van der Waals surface area (Å²) in [5.74, 6) is 2.88. The van der Waals surface area contributed by atoms with Crippen LogP contribution in [0.3, 0.4) is 0 Å². The molecule has 0 atom stereocenters. The fourth-order valence-corrected chi connectivity index (χ4v) is 5.90. The van der Waals surface area contributed by atoms with E-state index >= 15 is 0 Å². The molecule has 0 aliphatic heterocycles. The Hall–Kier alpha value is -2.13. The molecule has 3 rings (SSSR count). The van der Waals surface area contributed by atoms with Gasteiger partial charge in [0.15, 0.2) is 5.83 Å². The summed E-state index contributed by atoms with van der Waals surface area (Å²) in [6, 6.07) is 11.8. The zero-order chi connectivity index (χ0) is 21.9. The maximum Gasteiger partial charge on any atom is 0.196 e. The molecule has 0 heterocycles. The molecule has 2 nitrogen and oxygen atoms in total. The molecule has 2 aliphatic carbocycles. The van der Waals surface area contributed by atoms with Gasteiger partial charge in [0.25, 0.3) is 0 Å². The van der Waals surface area contributed by atoms with E-state index in [9.17, 15) is 4.39 Å². The van der Waals surface area contributed by atoms with Crippen LogP contribution in [0.15, 0.2) is 36.2 Å². The number of unbranched alkanes of at least 4 members (excludes halogenated alkanes) is 1. The van der Waals surface area contributed by atoms with Crippen molar-refractivity contribution >= 4 is 0 Å². The van der Waals surface area contributed by atoms with E-state index in [1.807, 2.05) is 12.1 Å². The lowest BCUT2D eigenvalue weighted by molar-refractivity contribution is 0.140. The summed E-state index contributed by atoms with van der Waals surface area (Å²) >= 11 is 0. The summed E-state index contributed by atoms with van der Waals surface area (Å²) in [4.78, 5) is 0. The first-order valence-corrected chi connectivity index (χ1v) is 12.4. The van der Waals surface area contributed by atoms with Crippen molar-refractivity contribution in [1.82, 2.24) is 0 Å². The van der Waals surface area contributed by atoms with Gasteiger partial charge in [0, 0.05) is 0 Å². The first-order valence-electron chi connectivity index (χ1n) is 12.4. The number of nitriles is 2. The van der Waals surface area contributed by atoms with E-state index < -0.39 is 5.83 Å². The minimum Gasteiger partial charge on any atom is -0.195 e. The van der Waals surface area contributed by atoms with Gasteiger partial charge < -0.3 is 0 Å². The summed E-state index contributed by atoms with van der Waals surface area (Å²) in [6.45, 7) is 0. The van der Waals surface area contributed by atoms with Crippen molar-refractivity contribution in [2.75, 3.05) is 0 Å². The van der Waals surface area contributed by atoms with Gasteiger partial charge in [0.05, 0.1) is 11.6 Å². The van der Waals surface area contributed by atoms with E-state index in [4.69, 9.17) is 10.5 Å². The monoisotopic (exact) mass is 420 g/mol. The molecular formula is C28H37FN2. The second kappa shape index (κ2) is 12.7. The SMILES string of the molecule is N#C/C(F)=C/CCC1CCC(C2CCC(CCCCc3ccc(C#N)cc3)CC2)CC1. The summed E-state index contributed by atoms with van der Waals surface area (Å²) < 4.78 is 12.9. The summed E-state index contributed by atoms with van der Waals surface area (Å²) in [5.41, 5.74) is 2.10. The Bertz CT molecular complexity index is 767. The van der Waals surface area contributed by atoms with Crippen LogP contribution in [0, 0.1) is 46.3 Å². The largest absolute Gasteiger partial charge is 0.196 e. The van der Waals surface area contributed by atoms with Crippen molar-refractivity contribution in [1.29, 1.82) is 10.5 Å². The standard InChI is InChI=1S/C28H37FN2/c29-28(21-31)7-3-6-24-14-18-27(19-15-24)26-16-12-23(13-17-26)5-2-1-4-22-8-10-25(20-30)11-9-22/h7-11,23-24,26-27H,1-6,12-19H2/b28-7-. The number of allylic oxidation sites excluding steroid dienone is 2.